The van der Waals surface area contributed by atoms with Crippen LogP contribution >= 0.6 is 0 Å². The maximum absolute atomic E-state index is 10.1. The van der Waals surface area contributed by atoms with Gasteiger partial charge in [0.05, 0.1) is 11.8 Å². The molecule has 1 heterocycles. The third-order valence-corrected chi connectivity index (χ3v) is 4.22. The minimum absolute atomic E-state index is 0.203. The summed E-state index contributed by atoms with van der Waals surface area (Å²) in [5, 5.41) is 14.6. The molecule has 3 heteroatoms. The Balaban J connectivity index is 1.78. The molecule has 0 bridgehead atoms. The first-order chi connectivity index (χ1) is 8.69. The molecule has 0 radical (unpaired) electrons. The molecule has 0 saturated heterocycles. The normalized spacial score (nSPS) is 18.4. The molecule has 1 aromatic heterocycles. The monoisotopic (exact) mass is 250 g/mol. The summed E-state index contributed by atoms with van der Waals surface area (Å²) in [7, 11) is 1.97. The van der Waals surface area contributed by atoms with Crippen molar-refractivity contribution in [3.63, 3.8) is 0 Å². The van der Waals surface area contributed by atoms with Crippen molar-refractivity contribution in [2.24, 2.45) is 13.0 Å². The van der Waals surface area contributed by atoms with Gasteiger partial charge in [-0.15, -0.1) is 0 Å². The first-order valence-corrected chi connectivity index (χ1v) is 7.39. The Labute approximate surface area is 110 Å². The van der Waals surface area contributed by atoms with Gasteiger partial charge in [0.1, 0.15) is 0 Å². The van der Waals surface area contributed by atoms with Crippen LogP contribution in [0.2, 0.25) is 0 Å². The van der Waals surface area contributed by atoms with Gasteiger partial charge in [-0.2, -0.15) is 5.10 Å². The zero-order valence-corrected chi connectivity index (χ0v) is 11.7. The Morgan fingerprint density at radius 2 is 2.17 bits per heavy atom. The van der Waals surface area contributed by atoms with Crippen LogP contribution in [0, 0.1) is 5.92 Å². The first kappa shape index (κ1) is 13.6. The smallest absolute Gasteiger partial charge is 0.0624 e. The molecule has 1 aliphatic carbocycles. The minimum Gasteiger partial charge on any atom is -0.393 e. The molecule has 18 heavy (non-hydrogen) atoms. The second-order valence-electron chi connectivity index (χ2n) is 5.69. The highest BCUT2D eigenvalue weighted by Crippen LogP contribution is 2.29. The molecule has 1 unspecified atom stereocenters. The molecule has 0 aromatic carbocycles. The molecule has 0 aliphatic heterocycles. The van der Waals surface area contributed by atoms with E-state index in [4.69, 9.17) is 0 Å². The van der Waals surface area contributed by atoms with Crippen molar-refractivity contribution < 1.29 is 5.11 Å². The van der Waals surface area contributed by atoms with E-state index in [0.29, 0.717) is 0 Å². The van der Waals surface area contributed by atoms with E-state index in [1.807, 2.05) is 11.7 Å². The fraction of sp³-hybridized carbons (Fsp3) is 0.800. The molecule has 0 spiro atoms. The molecule has 1 N–H and O–H groups in total. The third-order valence-electron chi connectivity index (χ3n) is 4.22. The Bertz CT molecular complexity index is 367. The van der Waals surface area contributed by atoms with Crippen LogP contribution in [0.15, 0.2) is 6.07 Å². The van der Waals surface area contributed by atoms with Crippen LogP contribution in [-0.4, -0.2) is 21.0 Å². The van der Waals surface area contributed by atoms with Crippen molar-refractivity contribution in [3.05, 3.63) is 17.5 Å². The molecule has 1 saturated carbocycles. The van der Waals surface area contributed by atoms with Gasteiger partial charge in [-0.05, 0) is 31.2 Å². The molecule has 1 aliphatic rings. The molecule has 0 amide bonds. The van der Waals surface area contributed by atoms with Gasteiger partial charge in [-0.25, -0.2) is 0 Å². The summed E-state index contributed by atoms with van der Waals surface area (Å²) in [5.74, 6) is 0.873. The van der Waals surface area contributed by atoms with Crippen LogP contribution in [0.25, 0.3) is 0 Å². The summed E-state index contributed by atoms with van der Waals surface area (Å²) in [6, 6.07) is 2.12. The SMILES string of the molecule is CCc1cc(CC(O)CCC2CCCC2)n(C)n1. The molecule has 3 nitrogen and oxygen atoms in total. The summed E-state index contributed by atoms with van der Waals surface area (Å²) in [6.45, 7) is 2.11. The highest BCUT2D eigenvalue weighted by atomic mass is 16.3. The van der Waals surface area contributed by atoms with Crippen LogP contribution in [0.5, 0.6) is 0 Å². The predicted octanol–water partition coefficient (Wildman–Crippen LogP) is 2.86. The van der Waals surface area contributed by atoms with Gasteiger partial charge in [0.25, 0.3) is 0 Å². The quantitative estimate of drug-likeness (QED) is 0.843. The highest BCUT2D eigenvalue weighted by molar-refractivity contribution is 5.11. The van der Waals surface area contributed by atoms with Crippen LogP contribution in [0.3, 0.4) is 0 Å². The van der Waals surface area contributed by atoms with E-state index >= 15 is 0 Å². The molecule has 1 atom stereocenters. The van der Waals surface area contributed by atoms with E-state index in [1.165, 1.54) is 32.1 Å². The lowest BCUT2D eigenvalue weighted by molar-refractivity contribution is 0.152. The molecule has 2 rings (SSSR count). The lowest BCUT2D eigenvalue weighted by Crippen LogP contribution is -2.14. The van der Waals surface area contributed by atoms with Crippen LogP contribution in [0.1, 0.15) is 56.8 Å². The summed E-state index contributed by atoms with van der Waals surface area (Å²) < 4.78 is 1.91. The van der Waals surface area contributed by atoms with Gasteiger partial charge in [0.15, 0.2) is 0 Å². The number of rotatable bonds is 6. The van der Waals surface area contributed by atoms with Crippen molar-refractivity contribution >= 4 is 0 Å². The molecule has 1 aromatic rings. The van der Waals surface area contributed by atoms with E-state index in [1.54, 1.807) is 0 Å². The number of aryl methyl sites for hydroxylation is 2. The number of hydrogen-bond donors (Lipinski definition) is 1. The predicted molar refractivity (Wildman–Crippen MR) is 73.5 cm³/mol. The van der Waals surface area contributed by atoms with Gasteiger partial charge >= 0.3 is 0 Å². The zero-order valence-electron chi connectivity index (χ0n) is 11.7. The summed E-state index contributed by atoms with van der Waals surface area (Å²) >= 11 is 0. The fourth-order valence-corrected chi connectivity index (χ4v) is 3.01. The highest BCUT2D eigenvalue weighted by Gasteiger charge is 2.17. The standard InChI is InChI=1S/C15H26N2O/c1-3-13-10-14(17(2)16-13)11-15(18)9-8-12-6-4-5-7-12/h10,12,15,18H,3-9,11H2,1-2H3. The molecular formula is C15H26N2O. The van der Waals surface area contributed by atoms with E-state index in [-0.39, 0.29) is 6.10 Å². The number of hydrogen-bond acceptors (Lipinski definition) is 2. The van der Waals surface area contributed by atoms with Crippen LogP contribution in [0.4, 0.5) is 0 Å². The topological polar surface area (TPSA) is 38.0 Å². The van der Waals surface area contributed by atoms with E-state index in [2.05, 4.69) is 18.1 Å². The first-order valence-electron chi connectivity index (χ1n) is 7.39. The summed E-state index contributed by atoms with van der Waals surface area (Å²) in [5.41, 5.74) is 2.28. The van der Waals surface area contributed by atoms with Gasteiger partial charge in [-0.1, -0.05) is 32.6 Å². The Kier molecular flexibility index (Phi) is 4.81. The number of aromatic nitrogens is 2. The van der Waals surface area contributed by atoms with Crippen molar-refractivity contribution in [2.45, 2.75) is 64.4 Å². The summed E-state index contributed by atoms with van der Waals surface area (Å²) in [6.07, 6.45) is 9.17. The van der Waals surface area contributed by atoms with E-state index < -0.39 is 0 Å². The Morgan fingerprint density at radius 3 is 2.78 bits per heavy atom. The Morgan fingerprint density at radius 1 is 1.44 bits per heavy atom. The second kappa shape index (κ2) is 6.37. The third kappa shape index (κ3) is 3.58. The molecular weight excluding hydrogens is 224 g/mol. The van der Waals surface area contributed by atoms with Crippen molar-refractivity contribution in [2.75, 3.05) is 0 Å². The summed E-state index contributed by atoms with van der Waals surface area (Å²) in [4.78, 5) is 0. The van der Waals surface area contributed by atoms with E-state index in [0.717, 1.165) is 36.6 Å². The maximum Gasteiger partial charge on any atom is 0.0624 e. The van der Waals surface area contributed by atoms with Crippen LogP contribution < -0.4 is 0 Å². The van der Waals surface area contributed by atoms with Crippen molar-refractivity contribution in [3.8, 4) is 0 Å². The minimum atomic E-state index is -0.203. The fourth-order valence-electron chi connectivity index (χ4n) is 3.01. The van der Waals surface area contributed by atoms with Crippen LogP contribution in [-0.2, 0) is 19.9 Å². The van der Waals surface area contributed by atoms with E-state index in [9.17, 15) is 5.11 Å². The number of nitrogens with zero attached hydrogens (tertiary/aromatic N) is 2. The average molecular weight is 250 g/mol. The van der Waals surface area contributed by atoms with Gasteiger partial charge < -0.3 is 5.11 Å². The lowest BCUT2D eigenvalue weighted by Gasteiger charge is -2.13. The largest absolute Gasteiger partial charge is 0.393 e. The van der Waals surface area contributed by atoms with Gasteiger partial charge in [0.2, 0.25) is 0 Å². The average Bonchev–Trinajstić information content (AvgIpc) is 2.97. The van der Waals surface area contributed by atoms with Crippen molar-refractivity contribution in [1.29, 1.82) is 0 Å². The number of aliphatic hydroxyl groups is 1. The van der Waals surface area contributed by atoms with Gasteiger partial charge in [0, 0.05) is 19.2 Å². The Hall–Kier alpha value is -0.830. The van der Waals surface area contributed by atoms with Crippen molar-refractivity contribution in [1.82, 2.24) is 9.78 Å². The lowest BCUT2D eigenvalue weighted by atomic mass is 9.98. The number of aliphatic hydroxyl groups excluding tert-OH is 1. The van der Waals surface area contributed by atoms with Gasteiger partial charge in [-0.3, -0.25) is 4.68 Å². The zero-order chi connectivity index (χ0) is 13.0. The maximum atomic E-state index is 10.1. The second-order valence-corrected chi connectivity index (χ2v) is 5.69. The molecule has 102 valence electrons. The molecule has 1 fully saturated rings.